The van der Waals surface area contributed by atoms with Gasteiger partial charge in [0.1, 0.15) is 0 Å². The standard InChI is InChI=1S/C10H23NOS/c1-4-6-11-7-5-8-13-10(3)9(2)12/h9-12H,4-8H2,1-3H3. The van der Waals surface area contributed by atoms with Crippen LogP contribution in [-0.4, -0.2) is 35.3 Å². The summed E-state index contributed by atoms with van der Waals surface area (Å²) in [5, 5.41) is 13.0. The average molecular weight is 205 g/mol. The lowest BCUT2D eigenvalue weighted by atomic mass is 10.3. The SMILES string of the molecule is CCCNCCCSC(C)C(C)O. The van der Waals surface area contributed by atoms with Gasteiger partial charge in [0.15, 0.2) is 0 Å². The van der Waals surface area contributed by atoms with Crippen molar-refractivity contribution in [3.63, 3.8) is 0 Å². The van der Waals surface area contributed by atoms with Crippen molar-refractivity contribution in [3.8, 4) is 0 Å². The summed E-state index contributed by atoms with van der Waals surface area (Å²) in [4.78, 5) is 0. The van der Waals surface area contributed by atoms with Crippen LogP contribution in [0.5, 0.6) is 0 Å². The third-order valence-electron chi connectivity index (χ3n) is 1.98. The van der Waals surface area contributed by atoms with Crippen LogP contribution in [-0.2, 0) is 0 Å². The predicted octanol–water partition coefficient (Wildman–Crippen LogP) is 1.88. The molecule has 0 radical (unpaired) electrons. The summed E-state index contributed by atoms with van der Waals surface area (Å²) in [7, 11) is 0. The number of thioether (sulfide) groups is 1. The topological polar surface area (TPSA) is 32.3 Å². The van der Waals surface area contributed by atoms with Crippen LogP contribution in [0.15, 0.2) is 0 Å². The Hall–Kier alpha value is 0.270. The van der Waals surface area contributed by atoms with Gasteiger partial charge in [-0.15, -0.1) is 0 Å². The van der Waals surface area contributed by atoms with E-state index >= 15 is 0 Å². The molecule has 0 saturated heterocycles. The van der Waals surface area contributed by atoms with Gasteiger partial charge in [-0.25, -0.2) is 0 Å². The van der Waals surface area contributed by atoms with Crippen LogP contribution in [0, 0.1) is 0 Å². The van der Waals surface area contributed by atoms with Crippen molar-refractivity contribution in [3.05, 3.63) is 0 Å². The van der Waals surface area contributed by atoms with Crippen molar-refractivity contribution >= 4 is 11.8 Å². The first-order valence-electron chi connectivity index (χ1n) is 5.18. The summed E-state index contributed by atoms with van der Waals surface area (Å²) in [6.07, 6.45) is 2.22. The van der Waals surface area contributed by atoms with Gasteiger partial charge in [0.2, 0.25) is 0 Å². The van der Waals surface area contributed by atoms with Crippen LogP contribution in [0.2, 0.25) is 0 Å². The van der Waals surface area contributed by atoms with E-state index in [0.717, 1.165) is 18.8 Å². The minimum atomic E-state index is -0.186. The maximum atomic E-state index is 9.23. The molecule has 0 saturated carbocycles. The number of nitrogens with one attached hydrogen (secondary N) is 1. The van der Waals surface area contributed by atoms with Gasteiger partial charge in [0.05, 0.1) is 6.10 Å². The van der Waals surface area contributed by atoms with Gasteiger partial charge in [-0.05, 0) is 38.6 Å². The molecule has 13 heavy (non-hydrogen) atoms. The molecule has 2 N–H and O–H groups in total. The molecule has 0 heterocycles. The largest absolute Gasteiger partial charge is 0.392 e. The fourth-order valence-electron chi connectivity index (χ4n) is 0.907. The van der Waals surface area contributed by atoms with Crippen molar-refractivity contribution in [2.24, 2.45) is 0 Å². The highest BCUT2D eigenvalue weighted by atomic mass is 32.2. The van der Waals surface area contributed by atoms with Crippen LogP contribution in [0.1, 0.15) is 33.6 Å². The molecule has 0 aromatic rings. The summed E-state index contributed by atoms with van der Waals surface area (Å²) < 4.78 is 0. The monoisotopic (exact) mass is 205 g/mol. The van der Waals surface area contributed by atoms with Crippen molar-refractivity contribution in [1.29, 1.82) is 0 Å². The number of aliphatic hydroxyl groups is 1. The molecule has 0 aromatic carbocycles. The molecular formula is C10H23NOS. The smallest absolute Gasteiger partial charge is 0.0627 e. The van der Waals surface area contributed by atoms with E-state index in [9.17, 15) is 5.11 Å². The minimum absolute atomic E-state index is 0.186. The van der Waals surface area contributed by atoms with E-state index in [1.54, 1.807) is 0 Å². The van der Waals surface area contributed by atoms with Crippen LogP contribution in [0.3, 0.4) is 0 Å². The highest BCUT2D eigenvalue weighted by molar-refractivity contribution is 7.99. The first-order valence-corrected chi connectivity index (χ1v) is 6.23. The van der Waals surface area contributed by atoms with Crippen molar-refractivity contribution < 1.29 is 5.11 Å². The molecule has 0 aliphatic heterocycles. The molecule has 0 aliphatic carbocycles. The van der Waals surface area contributed by atoms with Gasteiger partial charge in [-0.1, -0.05) is 13.8 Å². The Bertz CT molecular complexity index is 109. The molecule has 0 fully saturated rings. The van der Waals surface area contributed by atoms with E-state index in [2.05, 4.69) is 19.2 Å². The van der Waals surface area contributed by atoms with Gasteiger partial charge in [-0.2, -0.15) is 11.8 Å². The van der Waals surface area contributed by atoms with E-state index in [-0.39, 0.29) is 6.10 Å². The second-order valence-electron chi connectivity index (χ2n) is 3.42. The Morgan fingerprint density at radius 2 is 2.00 bits per heavy atom. The summed E-state index contributed by atoms with van der Waals surface area (Å²) in [6.45, 7) is 8.34. The second-order valence-corrected chi connectivity index (χ2v) is 4.91. The Labute approximate surface area is 86.5 Å². The van der Waals surface area contributed by atoms with Crippen molar-refractivity contribution in [2.45, 2.75) is 45.0 Å². The number of hydrogen-bond donors (Lipinski definition) is 2. The third kappa shape index (κ3) is 8.60. The van der Waals surface area contributed by atoms with Gasteiger partial charge >= 0.3 is 0 Å². The molecular weight excluding hydrogens is 182 g/mol. The van der Waals surface area contributed by atoms with E-state index in [4.69, 9.17) is 0 Å². The maximum Gasteiger partial charge on any atom is 0.0627 e. The summed E-state index contributed by atoms with van der Waals surface area (Å²) in [6, 6.07) is 0. The summed E-state index contributed by atoms with van der Waals surface area (Å²) in [5.41, 5.74) is 0. The van der Waals surface area contributed by atoms with Gasteiger partial charge in [0.25, 0.3) is 0 Å². The van der Waals surface area contributed by atoms with E-state index in [1.165, 1.54) is 12.8 Å². The molecule has 0 spiro atoms. The lowest BCUT2D eigenvalue weighted by Gasteiger charge is -2.13. The lowest BCUT2D eigenvalue weighted by Crippen LogP contribution is -2.19. The van der Waals surface area contributed by atoms with Crippen LogP contribution < -0.4 is 5.32 Å². The zero-order valence-electron chi connectivity index (χ0n) is 9.05. The lowest BCUT2D eigenvalue weighted by molar-refractivity contribution is 0.196. The molecule has 0 rings (SSSR count). The van der Waals surface area contributed by atoms with Crippen molar-refractivity contribution in [2.75, 3.05) is 18.8 Å². The van der Waals surface area contributed by atoms with E-state index in [1.807, 2.05) is 18.7 Å². The zero-order chi connectivity index (χ0) is 10.1. The van der Waals surface area contributed by atoms with E-state index < -0.39 is 0 Å². The summed E-state index contributed by atoms with van der Waals surface area (Å²) >= 11 is 1.85. The van der Waals surface area contributed by atoms with Gasteiger partial charge in [0, 0.05) is 5.25 Å². The van der Waals surface area contributed by atoms with Crippen molar-refractivity contribution in [1.82, 2.24) is 5.32 Å². The Morgan fingerprint density at radius 3 is 2.54 bits per heavy atom. The molecule has 0 amide bonds. The molecule has 0 bridgehead atoms. The fourth-order valence-corrected chi connectivity index (χ4v) is 1.87. The summed E-state index contributed by atoms with van der Waals surface area (Å²) in [5.74, 6) is 1.14. The molecule has 0 aliphatic rings. The Kier molecular flexibility index (Phi) is 9.03. The first kappa shape index (κ1) is 13.3. The molecule has 2 unspecified atom stereocenters. The zero-order valence-corrected chi connectivity index (χ0v) is 9.86. The predicted molar refractivity (Wildman–Crippen MR) is 61.4 cm³/mol. The van der Waals surface area contributed by atoms with Crippen LogP contribution >= 0.6 is 11.8 Å². The van der Waals surface area contributed by atoms with Crippen LogP contribution in [0.25, 0.3) is 0 Å². The van der Waals surface area contributed by atoms with Crippen LogP contribution in [0.4, 0.5) is 0 Å². The third-order valence-corrected chi connectivity index (χ3v) is 3.43. The molecule has 80 valence electrons. The number of aliphatic hydroxyl groups excluding tert-OH is 1. The normalized spacial score (nSPS) is 15.7. The number of rotatable bonds is 8. The Morgan fingerprint density at radius 1 is 1.31 bits per heavy atom. The fraction of sp³-hybridized carbons (Fsp3) is 1.00. The number of hydrogen-bond acceptors (Lipinski definition) is 3. The van der Waals surface area contributed by atoms with E-state index in [0.29, 0.717) is 5.25 Å². The average Bonchev–Trinajstić information content (AvgIpc) is 2.10. The first-order chi connectivity index (χ1) is 6.18. The molecule has 3 heteroatoms. The highest BCUT2D eigenvalue weighted by Gasteiger charge is 2.07. The van der Waals surface area contributed by atoms with Gasteiger partial charge in [-0.3, -0.25) is 0 Å². The molecule has 2 nitrogen and oxygen atoms in total. The highest BCUT2D eigenvalue weighted by Crippen LogP contribution is 2.14. The Balaban J connectivity index is 3.07. The van der Waals surface area contributed by atoms with Gasteiger partial charge < -0.3 is 10.4 Å². The second kappa shape index (κ2) is 8.85. The minimum Gasteiger partial charge on any atom is -0.392 e. The molecule has 0 aromatic heterocycles. The quantitative estimate of drug-likeness (QED) is 0.593. The molecule has 2 atom stereocenters. The maximum absolute atomic E-state index is 9.23.